The number of ketones is 1. The molecule has 0 spiro atoms. The molecule has 0 amide bonds. The zero-order chi connectivity index (χ0) is 13.4. The van der Waals surface area contributed by atoms with Gasteiger partial charge in [-0.3, -0.25) is 4.79 Å². The van der Waals surface area contributed by atoms with Gasteiger partial charge >= 0.3 is 5.69 Å². The van der Waals surface area contributed by atoms with E-state index in [-0.39, 0.29) is 17.0 Å². The van der Waals surface area contributed by atoms with Gasteiger partial charge < -0.3 is 0 Å². The summed E-state index contributed by atoms with van der Waals surface area (Å²) in [5.74, 6) is -1.02. The first-order valence-corrected chi connectivity index (χ1v) is 5.23. The van der Waals surface area contributed by atoms with Gasteiger partial charge in [0.25, 0.3) is 0 Å². The van der Waals surface area contributed by atoms with E-state index >= 15 is 0 Å². The molecule has 0 aliphatic carbocycles. The molecule has 2 rings (SSSR count). The van der Waals surface area contributed by atoms with Gasteiger partial charge in [-0.15, -0.1) is 0 Å². The van der Waals surface area contributed by atoms with E-state index in [0.29, 0.717) is 5.56 Å². The van der Waals surface area contributed by atoms with Crippen molar-refractivity contribution in [3.8, 4) is 5.69 Å². The Bertz CT molecular complexity index is 687. The normalized spacial score (nSPS) is 10.7. The molecule has 0 saturated carbocycles. The second-order valence-electron chi connectivity index (χ2n) is 3.94. The largest absolute Gasteiger partial charge is 0.368 e. The van der Waals surface area contributed by atoms with Gasteiger partial charge in [0.15, 0.2) is 5.78 Å². The molecule has 0 fully saturated rings. The van der Waals surface area contributed by atoms with E-state index in [4.69, 9.17) is 0 Å². The predicted octanol–water partition coefficient (Wildman–Crippen LogP) is 0.616. The summed E-state index contributed by atoms with van der Waals surface area (Å²) in [4.78, 5) is 23.3. The summed E-state index contributed by atoms with van der Waals surface area (Å²) in [7, 11) is 1.40. The molecule has 94 valence electrons. The molecular formula is C11H11FN4O2. The van der Waals surface area contributed by atoms with Crippen molar-refractivity contribution in [2.75, 3.05) is 0 Å². The van der Waals surface area contributed by atoms with Crippen LogP contribution >= 0.6 is 0 Å². The minimum Gasteiger partial charge on any atom is -0.294 e. The van der Waals surface area contributed by atoms with Crippen molar-refractivity contribution in [1.82, 2.24) is 19.8 Å². The molecule has 1 aromatic carbocycles. The number of hydrogen-bond acceptors (Lipinski definition) is 4. The number of carbonyl (C=O) groups excluding carboxylic acids is 1. The highest BCUT2D eigenvalue weighted by Gasteiger charge is 2.20. The average molecular weight is 250 g/mol. The molecule has 7 heteroatoms. The number of tetrazole rings is 1. The summed E-state index contributed by atoms with van der Waals surface area (Å²) < 4.78 is 15.6. The second kappa shape index (κ2) is 4.17. The molecule has 6 nitrogen and oxygen atoms in total. The molecule has 1 heterocycles. The fraction of sp³-hybridized carbons (Fsp3) is 0.273. The Kier molecular flexibility index (Phi) is 2.82. The van der Waals surface area contributed by atoms with Gasteiger partial charge in [0, 0.05) is 12.6 Å². The Labute approximate surface area is 102 Å². The molecule has 2 aromatic rings. The summed E-state index contributed by atoms with van der Waals surface area (Å²) >= 11 is 0. The molecule has 1 aromatic heterocycles. The highest BCUT2D eigenvalue weighted by Crippen LogP contribution is 2.20. The minimum absolute atomic E-state index is 0.137. The Morgan fingerprint density at radius 3 is 2.50 bits per heavy atom. The number of rotatable bonds is 2. The molecule has 0 N–H and O–H groups in total. The van der Waals surface area contributed by atoms with Crippen LogP contribution in [0.3, 0.4) is 0 Å². The van der Waals surface area contributed by atoms with E-state index in [9.17, 15) is 14.0 Å². The van der Waals surface area contributed by atoms with Crippen molar-refractivity contribution >= 4 is 5.78 Å². The average Bonchev–Trinajstić information content (AvgIpc) is 2.62. The van der Waals surface area contributed by atoms with Gasteiger partial charge in [-0.25, -0.2) is 9.18 Å². The lowest BCUT2D eigenvalue weighted by Gasteiger charge is -2.09. The van der Waals surface area contributed by atoms with Crippen LogP contribution in [0.2, 0.25) is 0 Å². The SMILES string of the molecule is CC(=O)c1c(C)ccc(F)c1-n1nnn(C)c1=O. The smallest absolute Gasteiger partial charge is 0.294 e. The van der Waals surface area contributed by atoms with Crippen LogP contribution in [0.5, 0.6) is 0 Å². The first-order valence-electron chi connectivity index (χ1n) is 5.23. The standard InChI is InChI=1S/C11H11FN4O2/c1-6-4-5-8(12)10(9(6)7(2)17)16-11(18)15(3)13-14-16/h4-5H,1-3H3. The number of Topliss-reactive ketones (excluding diaryl/α,β-unsaturated/α-hetero) is 1. The van der Waals surface area contributed by atoms with Crippen LogP contribution < -0.4 is 5.69 Å². The summed E-state index contributed by atoms with van der Waals surface area (Å²) in [6, 6.07) is 2.68. The summed E-state index contributed by atoms with van der Waals surface area (Å²) in [6.45, 7) is 2.98. The van der Waals surface area contributed by atoms with Crippen LogP contribution in [0, 0.1) is 12.7 Å². The number of aryl methyl sites for hydroxylation is 2. The summed E-state index contributed by atoms with van der Waals surface area (Å²) in [6.07, 6.45) is 0. The molecule has 0 aliphatic rings. The van der Waals surface area contributed by atoms with E-state index in [2.05, 4.69) is 10.4 Å². The van der Waals surface area contributed by atoms with Gasteiger partial charge in [0.05, 0.1) is 0 Å². The van der Waals surface area contributed by atoms with Crippen molar-refractivity contribution in [2.45, 2.75) is 13.8 Å². The first kappa shape index (κ1) is 12.2. The highest BCUT2D eigenvalue weighted by molar-refractivity contribution is 5.99. The Morgan fingerprint density at radius 2 is 2.00 bits per heavy atom. The zero-order valence-electron chi connectivity index (χ0n) is 10.1. The lowest BCUT2D eigenvalue weighted by molar-refractivity contribution is 0.101. The fourth-order valence-electron chi connectivity index (χ4n) is 1.77. The molecule has 18 heavy (non-hydrogen) atoms. The van der Waals surface area contributed by atoms with Crippen LogP contribution in [-0.4, -0.2) is 25.6 Å². The fourth-order valence-corrected chi connectivity index (χ4v) is 1.77. The molecular weight excluding hydrogens is 239 g/mol. The third-order valence-corrected chi connectivity index (χ3v) is 2.62. The van der Waals surface area contributed by atoms with Crippen LogP contribution in [0.15, 0.2) is 16.9 Å². The van der Waals surface area contributed by atoms with E-state index in [0.717, 1.165) is 9.36 Å². The van der Waals surface area contributed by atoms with Gasteiger partial charge in [0.1, 0.15) is 11.5 Å². The van der Waals surface area contributed by atoms with Crippen molar-refractivity contribution in [1.29, 1.82) is 0 Å². The van der Waals surface area contributed by atoms with Crippen LogP contribution in [0.1, 0.15) is 22.8 Å². The van der Waals surface area contributed by atoms with Crippen LogP contribution in [0.25, 0.3) is 5.69 Å². The lowest BCUT2D eigenvalue weighted by Crippen LogP contribution is -2.24. The lowest BCUT2D eigenvalue weighted by atomic mass is 10.0. The molecule has 0 aliphatic heterocycles. The van der Waals surface area contributed by atoms with Crippen molar-refractivity contribution in [3.63, 3.8) is 0 Å². The number of aromatic nitrogens is 4. The predicted molar refractivity (Wildman–Crippen MR) is 61.3 cm³/mol. The third kappa shape index (κ3) is 1.73. The maximum Gasteiger partial charge on any atom is 0.368 e. The quantitative estimate of drug-likeness (QED) is 0.732. The van der Waals surface area contributed by atoms with Crippen molar-refractivity contribution in [3.05, 3.63) is 39.6 Å². The van der Waals surface area contributed by atoms with E-state index < -0.39 is 11.5 Å². The van der Waals surface area contributed by atoms with Gasteiger partial charge in [0.2, 0.25) is 0 Å². The number of nitrogens with zero attached hydrogens (tertiary/aromatic N) is 4. The molecule has 0 bridgehead atoms. The van der Waals surface area contributed by atoms with Gasteiger partial charge in [-0.2, -0.15) is 9.36 Å². The van der Waals surface area contributed by atoms with E-state index in [1.807, 2.05) is 0 Å². The first-order chi connectivity index (χ1) is 8.43. The number of benzene rings is 1. The van der Waals surface area contributed by atoms with Crippen LogP contribution in [0.4, 0.5) is 4.39 Å². The topological polar surface area (TPSA) is 69.8 Å². The Balaban J connectivity index is 2.86. The number of hydrogen-bond donors (Lipinski definition) is 0. The summed E-state index contributed by atoms with van der Waals surface area (Å²) in [5, 5.41) is 7.06. The van der Waals surface area contributed by atoms with Crippen molar-refractivity contribution in [2.24, 2.45) is 7.05 Å². The van der Waals surface area contributed by atoms with Gasteiger partial charge in [-0.05, 0) is 35.9 Å². The maximum absolute atomic E-state index is 13.9. The molecule has 0 radical (unpaired) electrons. The van der Waals surface area contributed by atoms with Gasteiger partial charge in [-0.1, -0.05) is 6.07 Å². The Morgan fingerprint density at radius 1 is 1.33 bits per heavy atom. The second-order valence-corrected chi connectivity index (χ2v) is 3.94. The maximum atomic E-state index is 13.9. The van der Waals surface area contributed by atoms with Crippen molar-refractivity contribution < 1.29 is 9.18 Å². The van der Waals surface area contributed by atoms with Crippen LogP contribution in [-0.2, 0) is 7.05 Å². The number of carbonyl (C=O) groups is 1. The monoisotopic (exact) mass is 250 g/mol. The molecule has 0 unspecified atom stereocenters. The third-order valence-electron chi connectivity index (χ3n) is 2.62. The highest BCUT2D eigenvalue weighted by atomic mass is 19.1. The van der Waals surface area contributed by atoms with E-state index in [1.165, 1.54) is 26.1 Å². The molecule has 0 atom stereocenters. The Hall–Kier alpha value is -2.31. The van der Waals surface area contributed by atoms with E-state index in [1.54, 1.807) is 6.92 Å². The molecule has 0 saturated heterocycles. The summed E-state index contributed by atoms with van der Waals surface area (Å²) in [5.41, 5.74) is -0.0448. The minimum atomic E-state index is -0.687. The zero-order valence-corrected chi connectivity index (χ0v) is 10.1. The number of halogens is 1.